The lowest BCUT2D eigenvalue weighted by Gasteiger charge is -2.07. The summed E-state index contributed by atoms with van der Waals surface area (Å²) >= 11 is 0. The summed E-state index contributed by atoms with van der Waals surface area (Å²) in [6.45, 7) is 1.91. The average molecular weight is 209 g/mol. The summed E-state index contributed by atoms with van der Waals surface area (Å²) in [4.78, 5) is 0. The molecule has 78 valence electrons. The zero-order chi connectivity index (χ0) is 11.5. The molecule has 1 N–H and O–H groups in total. The van der Waals surface area contributed by atoms with Crippen LogP contribution in [-0.4, -0.2) is 5.11 Å². The molecule has 0 atom stereocenters. The van der Waals surface area contributed by atoms with Crippen LogP contribution in [0.5, 0.6) is 5.75 Å². The fraction of sp³-hybridized carbons (Fsp3) is 0.0714. The lowest BCUT2D eigenvalue weighted by Crippen LogP contribution is -1.87. The highest BCUT2D eigenvalue weighted by molar-refractivity contribution is 5.70. The first-order chi connectivity index (χ1) is 7.72. The van der Waals surface area contributed by atoms with E-state index in [1.54, 1.807) is 24.3 Å². The van der Waals surface area contributed by atoms with E-state index in [-0.39, 0.29) is 5.75 Å². The topological polar surface area (TPSA) is 44.0 Å². The maximum atomic E-state index is 9.43. The Morgan fingerprint density at radius 1 is 1.12 bits per heavy atom. The summed E-state index contributed by atoms with van der Waals surface area (Å²) in [5.74, 6) is 0.235. The van der Waals surface area contributed by atoms with E-state index in [0.717, 1.165) is 16.7 Å². The van der Waals surface area contributed by atoms with Crippen LogP contribution >= 0.6 is 0 Å². The van der Waals surface area contributed by atoms with Gasteiger partial charge in [0.25, 0.3) is 0 Å². The number of aromatic hydroxyl groups is 1. The Morgan fingerprint density at radius 3 is 2.56 bits per heavy atom. The van der Waals surface area contributed by atoms with Gasteiger partial charge in [0.2, 0.25) is 0 Å². The van der Waals surface area contributed by atoms with Crippen LogP contribution in [0.1, 0.15) is 11.1 Å². The first-order valence-corrected chi connectivity index (χ1v) is 5.01. The van der Waals surface area contributed by atoms with Crippen LogP contribution in [0.15, 0.2) is 42.5 Å². The fourth-order valence-corrected chi connectivity index (χ4v) is 1.74. The fourth-order valence-electron chi connectivity index (χ4n) is 1.74. The van der Waals surface area contributed by atoms with Crippen LogP contribution in [0.4, 0.5) is 0 Å². The lowest BCUT2D eigenvalue weighted by atomic mass is 9.97. The molecule has 2 aromatic rings. The quantitative estimate of drug-likeness (QED) is 0.783. The van der Waals surface area contributed by atoms with Crippen LogP contribution in [0, 0.1) is 18.3 Å². The molecular formula is C14H11NO. The van der Waals surface area contributed by atoms with Crippen LogP contribution in [0.3, 0.4) is 0 Å². The van der Waals surface area contributed by atoms with E-state index < -0.39 is 0 Å². The molecule has 2 aromatic carbocycles. The third-order valence-electron chi connectivity index (χ3n) is 2.61. The maximum absolute atomic E-state index is 9.43. The summed E-state index contributed by atoms with van der Waals surface area (Å²) in [6, 6.07) is 14.8. The molecule has 0 saturated heterocycles. The van der Waals surface area contributed by atoms with Gasteiger partial charge in [0, 0.05) is 0 Å². The number of phenolic OH excluding ortho intramolecular Hbond substituents is 1. The zero-order valence-electron chi connectivity index (χ0n) is 8.94. The van der Waals surface area contributed by atoms with Crippen molar-refractivity contribution in [1.82, 2.24) is 0 Å². The van der Waals surface area contributed by atoms with E-state index >= 15 is 0 Å². The number of nitrogens with zero attached hydrogens (tertiary/aromatic N) is 1. The van der Waals surface area contributed by atoms with E-state index in [4.69, 9.17) is 5.26 Å². The van der Waals surface area contributed by atoms with Gasteiger partial charge in [-0.3, -0.25) is 0 Å². The van der Waals surface area contributed by atoms with Crippen LogP contribution in [0.25, 0.3) is 11.1 Å². The van der Waals surface area contributed by atoms with Crippen molar-refractivity contribution >= 4 is 0 Å². The molecule has 0 aromatic heterocycles. The minimum Gasteiger partial charge on any atom is -0.508 e. The zero-order valence-corrected chi connectivity index (χ0v) is 8.94. The number of hydrogen-bond donors (Lipinski definition) is 1. The average Bonchev–Trinajstić information content (AvgIpc) is 2.29. The van der Waals surface area contributed by atoms with Crippen molar-refractivity contribution in [3.8, 4) is 22.9 Å². The first kappa shape index (κ1) is 10.3. The van der Waals surface area contributed by atoms with Crippen molar-refractivity contribution in [2.45, 2.75) is 6.92 Å². The van der Waals surface area contributed by atoms with Gasteiger partial charge < -0.3 is 5.11 Å². The summed E-state index contributed by atoms with van der Waals surface area (Å²) in [5, 5.41) is 18.4. The Bertz CT molecular complexity index is 567. The monoisotopic (exact) mass is 209 g/mol. The number of hydrogen-bond acceptors (Lipinski definition) is 2. The SMILES string of the molecule is Cc1c(C#N)cccc1-c1cccc(O)c1. The van der Waals surface area contributed by atoms with Crippen molar-refractivity contribution < 1.29 is 5.11 Å². The predicted molar refractivity (Wildman–Crippen MR) is 63.0 cm³/mol. The standard InChI is InChI=1S/C14H11NO/c1-10-12(9-15)5-3-7-14(10)11-4-2-6-13(16)8-11/h2-8,16H,1H3. The molecule has 0 unspecified atom stereocenters. The smallest absolute Gasteiger partial charge is 0.116 e. The van der Waals surface area contributed by atoms with Crippen LogP contribution in [-0.2, 0) is 0 Å². The second-order valence-corrected chi connectivity index (χ2v) is 3.64. The first-order valence-electron chi connectivity index (χ1n) is 5.01. The minimum atomic E-state index is 0.235. The molecule has 0 bridgehead atoms. The molecule has 0 fully saturated rings. The van der Waals surface area contributed by atoms with Gasteiger partial charge in [-0.15, -0.1) is 0 Å². The van der Waals surface area contributed by atoms with Gasteiger partial charge >= 0.3 is 0 Å². The highest BCUT2D eigenvalue weighted by Crippen LogP contribution is 2.27. The highest BCUT2D eigenvalue weighted by atomic mass is 16.3. The van der Waals surface area contributed by atoms with Gasteiger partial charge in [0.05, 0.1) is 11.6 Å². The Kier molecular flexibility index (Phi) is 2.61. The van der Waals surface area contributed by atoms with Gasteiger partial charge in [-0.2, -0.15) is 5.26 Å². The molecule has 0 radical (unpaired) electrons. The normalized spacial score (nSPS) is 9.75. The van der Waals surface area contributed by atoms with Crippen molar-refractivity contribution in [3.63, 3.8) is 0 Å². The predicted octanol–water partition coefficient (Wildman–Crippen LogP) is 3.24. The third-order valence-corrected chi connectivity index (χ3v) is 2.61. The molecule has 0 aliphatic rings. The number of rotatable bonds is 1. The van der Waals surface area contributed by atoms with Crippen molar-refractivity contribution in [3.05, 3.63) is 53.6 Å². The molecule has 0 heterocycles. The molecule has 0 saturated carbocycles. The Morgan fingerprint density at radius 2 is 1.88 bits per heavy atom. The number of nitriles is 1. The van der Waals surface area contributed by atoms with Crippen molar-refractivity contribution in [2.24, 2.45) is 0 Å². The largest absolute Gasteiger partial charge is 0.508 e. The molecule has 2 rings (SSSR count). The van der Waals surface area contributed by atoms with Crippen LogP contribution in [0.2, 0.25) is 0 Å². The van der Waals surface area contributed by atoms with Gasteiger partial charge in [-0.1, -0.05) is 24.3 Å². The summed E-state index contributed by atoms with van der Waals surface area (Å²) in [5.41, 5.74) is 3.51. The van der Waals surface area contributed by atoms with E-state index in [0.29, 0.717) is 5.56 Å². The molecule has 2 nitrogen and oxygen atoms in total. The minimum absolute atomic E-state index is 0.235. The second kappa shape index (κ2) is 4.08. The highest BCUT2D eigenvalue weighted by Gasteiger charge is 2.05. The molecule has 16 heavy (non-hydrogen) atoms. The molecule has 0 aliphatic heterocycles. The van der Waals surface area contributed by atoms with E-state index in [1.165, 1.54) is 0 Å². The lowest BCUT2D eigenvalue weighted by molar-refractivity contribution is 0.475. The van der Waals surface area contributed by atoms with Gasteiger partial charge in [0.15, 0.2) is 0 Å². The molecule has 0 amide bonds. The number of phenols is 1. The van der Waals surface area contributed by atoms with Crippen molar-refractivity contribution in [1.29, 1.82) is 5.26 Å². The molecule has 0 aliphatic carbocycles. The Balaban J connectivity index is 2.62. The molecule has 0 spiro atoms. The Labute approximate surface area is 94.4 Å². The summed E-state index contributed by atoms with van der Waals surface area (Å²) < 4.78 is 0. The third kappa shape index (κ3) is 1.76. The Hall–Kier alpha value is -2.27. The van der Waals surface area contributed by atoms with E-state index in [2.05, 4.69) is 6.07 Å². The summed E-state index contributed by atoms with van der Waals surface area (Å²) in [6.07, 6.45) is 0. The van der Waals surface area contributed by atoms with Crippen LogP contribution < -0.4 is 0 Å². The number of benzene rings is 2. The van der Waals surface area contributed by atoms with E-state index in [9.17, 15) is 5.11 Å². The molecular weight excluding hydrogens is 198 g/mol. The maximum Gasteiger partial charge on any atom is 0.116 e. The van der Waals surface area contributed by atoms with Crippen molar-refractivity contribution in [2.75, 3.05) is 0 Å². The van der Waals surface area contributed by atoms with Gasteiger partial charge in [0.1, 0.15) is 5.75 Å². The second-order valence-electron chi connectivity index (χ2n) is 3.64. The molecule has 2 heteroatoms. The van der Waals surface area contributed by atoms with Gasteiger partial charge in [-0.05, 0) is 41.8 Å². The van der Waals surface area contributed by atoms with Gasteiger partial charge in [-0.25, -0.2) is 0 Å². The summed E-state index contributed by atoms with van der Waals surface area (Å²) in [7, 11) is 0. The van der Waals surface area contributed by atoms with E-state index in [1.807, 2.05) is 25.1 Å².